The Balaban J connectivity index is 2.60. The van der Waals surface area contributed by atoms with Gasteiger partial charge in [-0.3, -0.25) is 0 Å². The lowest BCUT2D eigenvalue weighted by atomic mass is 10.2. The van der Waals surface area contributed by atoms with Crippen molar-refractivity contribution in [1.82, 2.24) is 0 Å². The first-order valence-corrected chi connectivity index (χ1v) is 5.09. The standard InChI is InChI=1S/C12H16N2O2/c1-3-16-12(15)8-11(13)14-10-6-4-9(2)5-7-10/h4-8,14H,3,13H2,1-2H3/b11-8+. The molecule has 1 aromatic rings. The number of hydrogen-bond acceptors (Lipinski definition) is 4. The van der Waals surface area contributed by atoms with Gasteiger partial charge in [0.25, 0.3) is 0 Å². The fourth-order valence-electron chi connectivity index (χ4n) is 1.15. The summed E-state index contributed by atoms with van der Waals surface area (Å²) in [5.41, 5.74) is 7.63. The molecule has 0 aliphatic heterocycles. The molecule has 0 saturated carbocycles. The van der Waals surface area contributed by atoms with Gasteiger partial charge in [-0.1, -0.05) is 17.7 Å². The van der Waals surface area contributed by atoms with Crippen LogP contribution < -0.4 is 11.1 Å². The van der Waals surface area contributed by atoms with E-state index in [-0.39, 0.29) is 5.82 Å². The van der Waals surface area contributed by atoms with Crippen LogP contribution in [0.15, 0.2) is 36.2 Å². The number of benzene rings is 1. The Morgan fingerprint density at radius 2 is 2.06 bits per heavy atom. The summed E-state index contributed by atoms with van der Waals surface area (Å²) in [6.07, 6.45) is 1.23. The molecule has 0 saturated heterocycles. The highest BCUT2D eigenvalue weighted by atomic mass is 16.5. The number of hydrogen-bond donors (Lipinski definition) is 2. The highest BCUT2D eigenvalue weighted by molar-refractivity contribution is 5.83. The maximum absolute atomic E-state index is 11.1. The summed E-state index contributed by atoms with van der Waals surface area (Å²) in [5.74, 6) is -0.179. The van der Waals surface area contributed by atoms with Crippen molar-refractivity contribution in [3.05, 3.63) is 41.7 Å². The van der Waals surface area contributed by atoms with Crippen molar-refractivity contribution in [2.45, 2.75) is 13.8 Å². The van der Waals surface area contributed by atoms with Gasteiger partial charge in [-0.05, 0) is 26.0 Å². The van der Waals surface area contributed by atoms with E-state index < -0.39 is 5.97 Å². The molecular formula is C12H16N2O2. The van der Waals surface area contributed by atoms with Crippen molar-refractivity contribution < 1.29 is 9.53 Å². The van der Waals surface area contributed by atoms with E-state index in [1.807, 2.05) is 31.2 Å². The first kappa shape index (κ1) is 12.1. The van der Waals surface area contributed by atoms with Gasteiger partial charge in [0.2, 0.25) is 0 Å². The van der Waals surface area contributed by atoms with E-state index in [1.54, 1.807) is 6.92 Å². The Hall–Kier alpha value is -1.97. The Labute approximate surface area is 95.1 Å². The fourth-order valence-corrected chi connectivity index (χ4v) is 1.15. The number of nitrogens with two attached hydrogens (primary N) is 1. The molecule has 1 rings (SSSR count). The summed E-state index contributed by atoms with van der Waals surface area (Å²) in [6, 6.07) is 7.70. The number of carbonyl (C=O) groups excluding carboxylic acids is 1. The van der Waals surface area contributed by atoms with Gasteiger partial charge in [0.1, 0.15) is 5.82 Å². The second kappa shape index (κ2) is 5.80. The number of aryl methyl sites for hydroxylation is 1. The van der Waals surface area contributed by atoms with E-state index in [1.165, 1.54) is 11.6 Å². The van der Waals surface area contributed by atoms with Crippen LogP contribution in [0, 0.1) is 6.92 Å². The zero-order chi connectivity index (χ0) is 12.0. The maximum atomic E-state index is 11.1. The molecule has 16 heavy (non-hydrogen) atoms. The van der Waals surface area contributed by atoms with Gasteiger partial charge >= 0.3 is 5.97 Å². The number of carbonyl (C=O) groups is 1. The van der Waals surface area contributed by atoms with Crippen LogP contribution >= 0.6 is 0 Å². The molecule has 4 nitrogen and oxygen atoms in total. The summed E-state index contributed by atoms with van der Waals surface area (Å²) in [4.78, 5) is 11.1. The molecule has 0 amide bonds. The molecule has 1 aromatic carbocycles. The second-order valence-electron chi connectivity index (χ2n) is 3.34. The Bertz CT molecular complexity index is 383. The molecule has 0 bridgehead atoms. The van der Waals surface area contributed by atoms with Crippen LogP contribution in [0.1, 0.15) is 12.5 Å². The number of nitrogens with one attached hydrogen (secondary N) is 1. The van der Waals surface area contributed by atoms with Gasteiger partial charge in [-0.15, -0.1) is 0 Å². The molecule has 0 aliphatic rings. The smallest absolute Gasteiger partial charge is 0.334 e. The highest BCUT2D eigenvalue weighted by Gasteiger charge is 1.99. The molecule has 86 valence electrons. The number of ether oxygens (including phenoxy) is 1. The Morgan fingerprint density at radius 3 is 2.62 bits per heavy atom. The summed E-state index contributed by atoms with van der Waals surface area (Å²) >= 11 is 0. The van der Waals surface area contributed by atoms with E-state index in [0.29, 0.717) is 6.61 Å². The normalized spacial score (nSPS) is 11.0. The van der Waals surface area contributed by atoms with Gasteiger partial charge in [-0.2, -0.15) is 0 Å². The molecule has 0 atom stereocenters. The average Bonchev–Trinajstić information content (AvgIpc) is 2.21. The van der Waals surface area contributed by atoms with Crippen molar-refractivity contribution in [2.75, 3.05) is 11.9 Å². The molecule has 3 N–H and O–H groups in total. The monoisotopic (exact) mass is 220 g/mol. The second-order valence-corrected chi connectivity index (χ2v) is 3.34. The van der Waals surface area contributed by atoms with Crippen molar-refractivity contribution in [3.8, 4) is 0 Å². The minimum atomic E-state index is -0.445. The van der Waals surface area contributed by atoms with Gasteiger partial charge in [0, 0.05) is 5.69 Å². The quantitative estimate of drug-likeness (QED) is 0.599. The lowest BCUT2D eigenvalue weighted by Crippen LogP contribution is -2.12. The lowest BCUT2D eigenvalue weighted by molar-refractivity contribution is -0.137. The molecule has 0 radical (unpaired) electrons. The minimum Gasteiger partial charge on any atom is -0.463 e. The van der Waals surface area contributed by atoms with Crippen LogP contribution in [0.25, 0.3) is 0 Å². The van der Waals surface area contributed by atoms with Crippen LogP contribution in [-0.2, 0) is 9.53 Å². The number of esters is 1. The van der Waals surface area contributed by atoms with E-state index >= 15 is 0 Å². The van der Waals surface area contributed by atoms with Crippen molar-refractivity contribution in [2.24, 2.45) is 5.73 Å². The van der Waals surface area contributed by atoms with Crippen molar-refractivity contribution in [3.63, 3.8) is 0 Å². The first-order valence-electron chi connectivity index (χ1n) is 5.09. The topological polar surface area (TPSA) is 64.3 Å². The lowest BCUT2D eigenvalue weighted by Gasteiger charge is -2.06. The predicted molar refractivity (Wildman–Crippen MR) is 63.7 cm³/mol. The van der Waals surface area contributed by atoms with Gasteiger partial charge < -0.3 is 15.8 Å². The Kier molecular flexibility index (Phi) is 4.39. The first-order chi connectivity index (χ1) is 7.61. The van der Waals surface area contributed by atoms with Crippen molar-refractivity contribution in [1.29, 1.82) is 0 Å². The van der Waals surface area contributed by atoms with E-state index in [9.17, 15) is 4.79 Å². The zero-order valence-electron chi connectivity index (χ0n) is 9.49. The van der Waals surface area contributed by atoms with Crippen LogP contribution in [0.3, 0.4) is 0 Å². The highest BCUT2D eigenvalue weighted by Crippen LogP contribution is 2.09. The van der Waals surface area contributed by atoms with Gasteiger partial charge in [0.15, 0.2) is 0 Å². The number of anilines is 1. The Morgan fingerprint density at radius 1 is 1.44 bits per heavy atom. The van der Waals surface area contributed by atoms with Crippen LogP contribution in [0.5, 0.6) is 0 Å². The molecule has 4 heteroatoms. The van der Waals surface area contributed by atoms with Crippen LogP contribution in [-0.4, -0.2) is 12.6 Å². The zero-order valence-corrected chi connectivity index (χ0v) is 9.49. The third-order valence-corrected chi connectivity index (χ3v) is 1.90. The summed E-state index contributed by atoms with van der Waals surface area (Å²) in [5, 5.41) is 2.90. The molecule has 0 unspecified atom stereocenters. The minimum absolute atomic E-state index is 0.266. The molecule has 0 fully saturated rings. The largest absolute Gasteiger partial charge is 0.463 e. The SMILES string of the molecule is CCOC(=O)/C=C(\N)Nc1ccc(C)cc1. The van der Waals surface area contributed by atoms with E-state index in [4.69, 9.17) is 10.5 Å². The summed E-state index contributed by atoms with van der Waals surface area (Å²) in [6.45, 7) is 4.09. The summed E-state index contributed by atoms with van der Waals surface area (Å²) < 4.78 is 4.73. The fraction of sp³-hybridized carbons (Fsp3) is 0.250. The molecule has 0 heterocycles. The van der Waals surface area contributed by atoms with Gasteiger partial charge in [0.05, 0.1) is 12.7 Å². The summed E-state index contributed by atoms with van der Waals surface area (Å²) in [7, 11) is 0. The third-order valence-electron chi connectivity index (χ3n) is 1.90. The number of rotatable bonds is 4. The predicted octanol–water partition coefficient (Wildman–Crippen LogP) is 1.77. The van der Waals surface area contributed by atoms with Crippen molar-refractivity contribution >= 4 is 11.7 Å². The van der Waals surface area contributed by atoms with Gasteiger partial charge in [-0.25, -0.2) is 4.79 Å². The third kappa shape index (κ3) is 4.04. The molecule has 0 spiro atoms. The maximum Gasteiger partial charge on any atom is 0.334 e. The van der Waals surface area contributed by atoms with Crippen LogP contribution in [0.4, 0.5) is 5.69 Å². The van der Waals surface area contributed by atoms with E-state index in [0.717, 1.165) is 5.69 Å². The molecule has 0 aromatic heterocycles. The average molecular weight is 220 g/mol. The molecule has 0 aliphatic carbocycles. The molecular weight excluding hydrogens is 204 g/mol. The van der Waals surface area contributed by atoms with E-state index in [2.05, 4.69) is 5.32 Å². The van der Waals surface area contributed by atoms with Crippen LogP contribution in [0.2, 0.25) is 0 Å².